The summed E-state index contributed by atoms with van der Waals surface area (Å²) in [5.74, 6) is 0.380. The molecule has 0 unspecified atom stereocenters. The Bertz CT molecular complexity index is 721. The quantitative estimate of drug-likeness (QED) is 0.694. The molecule has 2 aromatic carbocycles. The second kappa shape index (κ2) is 6.89. The van der Waals surface area contributed by atoms with Crippen LogP contribution >= 0.6 is 0 Å². The number of ether oxygens (including phenoxy) is 1. The number of benzene rings is 2. The van der Waals surface area contributed by atoms with Gasteiger partial charge in [0.15, 0.2) is 0 Å². The number of nitrogens with one attached hydrogen (secondary N) is 1. The first-order valence-corrected chi connectivity index (χ1v) is 7.07. The first-order chi connectivity index (χ1) is 10.5. The molecule has 0 bridgehead atoms. The van der Waals surface area contributed by atoms with Gasteiger partial charge in [0, 0.05) is 11.1 Å². The van der Waals surface area contributed by atoms with Gasteiger partial charge in [0.25, 0.3) is 5.91 Å². The molecule has 0 heterocycles. The average Bonchev–Trinajstić information content (AvgIpc) is 2.52. The summed E-state index contributed by atoms with van der Waals surface area (Å²) < 4.78 is 5.11. The van der Waals surface area contributed by atoms with Crippen LogP contribution in [0.1, 0.15) is 34.0 Å². The van der Waals surface area contributed by atoms with Crippen molar-refractivity contribution in [1.29, 1.82) is 0 Å². The normalized spacial score (nSPS) is 11.2. The van der Waals surface area contributed by atoms with Gasteiger partial charge in [0.05, 0.1) is 12.8 Å². The first-order valence-electron chi connectivity index (χ1n) is 7.07. The van der Waals surface area contributed by atoms with Crippen LogP contribution in [0.4, 0.5) is 0 Å². The number of carbonyl (C=O) groups excluding carboxylic acids is 1. The summed E-state index contributed by atoms with van der Waals surface area (Å²) in [6.45, 7) is 5.96. The summed E-state index contributed by atoms with van der Waals surface area (Å²) >= 11 is 0. The Morgan fingerprint density at radius 2 is 1.91 bits per heavy atom. The van der Waals surface area contributed by atoms with E-state index in [4.69, 9.17) is 4.74 Å². The molecule has 2 rings (SSSR count). The van der Waals surface area contributed by atoms with E-state index in [1.54, 1.807) is 31.4 Å². The van der Waals surface area contributed by atoms with Crippen molar-refractivity contribution in [3.05, 3.63) is 64.7 Å². The number of amides is 1. The Hall–Kier alpha value is -2.62. The Kier molecular flexibility index (Phi) is 4.94. The van der Waals surface area contributed by atoms with Gasteiger partial charge in [-0.25, -0.2) is 5.43 Å². The van der Waals surface area contributed by atoms with Crippen molar-refractivity contribution in [3.8, 4) is 5.75 Å². The molecule has 1 N–H and O–H groups in total. The maximum atomic E-state index is 12.1. The Labute approximate surface area is 130 Å². The molecule has 0 saturated heterocycles. The minimum absolute atomic E-state index is 0.261. The minimum atomic E-state index is -0.261. The van der Waals surface area contributed by atoms with E-state index in [9.17, 15) is 4.79 Å². The lowest BCUT2D eigenvalue weighted by atomic mass is 10.0. The van der Waals surface area contributed by atoms with Crippen molar-refractivity contribution in [3.63, 3.8) is 0 Å². The minimum Gasteiger partial charge on any atom is -0.497 e. The van der Waals surface area contributed by atoms with Gasteiger partial charge in [0.2, 0.25) is 0 Å². The van der Waals surface area contributed by atoms with E-state index in [0.717, 1.165) is 16.8 Å². The molecule has 0 aromatic heterocycles. The molecule has 4 nitrogen and oxygen atoms in total. The third-order valence-corrected chi connectivity index (χ3v) is 3.43. The maximum Gasteiger partial charge on any atom is 0.271 e. The van der Waals surface area contributed by atoms with Crippen LogP contribution in [0.2, 0.25) is 0 Å². The van der Waals surface area contributed by atoms with Gasteiger partial charge in [0.1, 0.15) is 5.75 Å². The van der Waals surface area contributed by atoms with Crippen molar-refractivity contribution in [1.82, 2.24) is 5.43 Å². The summed E-state index contributed by atoms with van der Waals surface area (Å²) in [5, 5.41) is 4.19. The van der Waals surface area contributed by atoms with E-state index in [1.807, 2.05) is 32.9 Å². The topological polar surface area (TPSA) is 50.7 Å². The molecule has 22 heavy (non-hydrogen) atoms. The van der Waals surface area contributed by atoms with Crippen molar-refractivity contribution >= 4 is 11.6 Å². The molecule has 0 radical (unpaired) electrons. The zero-order valence-corrected chi connectivity index (χ0v) is 13.3. The standard InChI is InChI=1S/C18H20N2O2/c1-12-8-9-17(13(2)10-12)14(3)19-20-18(21)15-6-5-7-16(11-15)22-4/h5-11H,1-4H3,(H,20,21)/b19-14-. The van der Waals surface area contributed by atoms with Gasteiger partial charge < -0.3 is 4.74 Å². The van der Waals surface area contributed by atoms with E-state index in [0.29, 0.717) is 11.3 Å². The molecule has 0 fully saturated rings. The van der Waals surface area contributed by atoms with Crippen molar-refractivity contribution in [2.45, 2.75) is 20.8 Å². The number of hydrogen-bond donors (Lipinski definition) is 1. The summed E-state index contributed by atoms with van der Waals surface area (Å²) in [6, 6.07) is 13.1. The zero-order valence-electron chi connectivity index (χ0n) is 13.3. The van der Waals surface area contributed by atoms with Crippen molar-refractivity contribution in [2.24, 2.45) is 5.10 Å². The highest BCUT2D eigenvalue weighted by Gasteiger charge is 2.07. The molecule has 0 aliphatic heterocycles. The van der Waals surface area contributed by atoms with Crippen molar-refractivity contribution < 1.29 is 9.53 Å². The lowest BCUT2D eigenvalue weighted by Crippen LogP contribution is -2.19. The fourth-order valence-electron chi connectivity index (χ4n) is 2.24. The molecule has 2 aromatic rings. The predicted molar refractivity (Wildman–Crippen MR) is 88.6 cm³/mol. The highest BCUT2D eigenvalue weighted by molar-refractivity contribution is 6.01. The number of hydrazone groups is 1. The molecule has 0 aliphatic rings. The molecule has 114 valence electrons. The van der Waals surface area contributed by atoms with Gasteiger partial charge in [-0.3, -0.25) is 4.79 Å². The van der Waals surface area contributed by atoms with E-state index in [-0.39, 0.29) is 5.91 Å². The summed E-state index contributed by atoms with van der Waals surface area (Å²) in [6.07, 6.45) is 0. The van der Waals surface area contributed by atoms with Crippen LogP contribution in [0.15, 0.2) is 47.6 Å². The molecule has 4 heteroatoms. The first kappa shape index (κ1) is 15.8. The van der Waals surface area contributed by atoms with Crippen LogP contribution in [0.5, 0.6) is 5.75 Å². The molecule has 0 aliphatic carbocycles. The second-order valence-electron chi connectivity index (χ2n) is 5.19. The largest absolute Gasteiger partial charge is 0.497 e. The van der Waals surface area contributed by atoms with Gasteiger partial charge in [-0.2, -0.15) is 5.10 Å². The SMILES string of the molecule is COc1cccc(C(=O)N/N=C(/C)c2ccc(C)cc2C)c1. The summed E-state index contributed by atoms with van der Waals surface area (Å²) in [4.78, 5) is 12.1. The van der Waals surface area contributed by atoms with Crippen LogP contribution in [0, 0.1) is 13.8 Å². The Morgan fingerprint density at radius 1 is 1.14 bits per heavy atom. The second-order valence-corrected chi connectivity index (χ2v) is 5.19. The highest BCUT2D eigenvalue weighted by Crippen LogP contribution is 2.13. The number of aryl methyl sites for hydroxylation is 2. The van der Waals surface area contributed by atoms with Gasteiger partial charge in [-0.05, 0) is 44.5 Å². The Balaban J connectivity index is 2.14. The van der Waals surface area contributed by atoms with E-state index >= 15 is 0 Å². The number of rotatable bonds is 4. The molecule has 0 saturated carbocycles. The highest BCUT2D eigenvalue weighted by atomic mass is 16.5. The number of hydrogen-bond acceptors (Lipinski definition) is 3. The average molecular weight is 296 g/mol. The summed E-state index contributed by atoms with van der Waals surface area (Å²) in [5.41, 5.74) is 7.23. The van der Waals surface area contributed by atoms with Crippen LogP contribution in [0.3, 0.4) is 0 Å². The lowest BCUT2D eigenvalue weighted by molar-refractivity contribution is 0.0954. The van der Waals surface area contributed by atoms with Crippen molar-refractivity contribution in [2.75, 3.05) is 7.11 Å². The Morgan fingerprint density at radius 3 is 2.59 bits per heavy atom. The van der Waals surface area contributed by atoms with Gasteiger partial charge >= 0.3 is 0 Å². The predicted octanol–water partition coefficient (Wildman–Crippen LogP) is 3.47. The molecular formula is C18H20N2O2. The molecule has 0 spiro atoms. The van der Waals surface area contributed by atoms with Gasteiger partial charge in [-0.1, -0.05) is 29.8 Å². The lowest BCUT2D eigenvalue weighted by Gasteiger charge is -2.07. The van der Waals surface area contributed by atoms with Crippen LogP contribution in [-0.4, -0.2) is 18.7 Å². The van der Waals surface area contributed by atoms with E-state index in [1.165, 1.54) is 5.56 Å². The van der Waals surface area contributed by atoms with Crippen LogP contribution < -0.4 is 10.2 Å². The van der Waals surface area contributed by atoms with Crippen LogP contribution in [0.25, 0.3) is 0 Å². The zero-order chi connectivity index (χ0) is 16.1. The number of methoxy groups -OCH3 is 1. The smallest absolute Gasteiger partial charge is 0.271 e. The maximum absolute atomic E-state index is 12.1. The molecule has 0 atom stereocenters. The molecular weight excluding hydrogens is 276 g/mol. The fraction of sp³-hybridized carbons (Fsp3) is 0.222. The van der Waals surface area contributed by atoms with E-state index < -0.39 is 0 Å². The number of nitrogens with zero attached hydrogens (tertiary/aromatic N) is 1. The van der Waals surface area contributed by atoms with E-state index in [2.05, 4.69) is 16.6 Å². The fourth-order valence-corrected chi connectivity index (χ4v) is 2.24. The van der Waals surface area contributed by atoms with Crippen LogP contribution in [-0.2, 0) is 0 Å². The number of carbonyl (C=O) groups is 1. The monoisotopic (exact) mass is 296 g/mol. The summed E-state index contributed by atoms with van der Waals surface area (Å²) in [7, 11) is 1.57. The third kappa shape index (κ3) is 3.73. The third-order valence-electron chi connectivity index (χ3n) is 3.43. The van der Waals surface area contributed by atoms with Gasteiger partial charge in [-0.15, -0.1) is 0 Å². The molecule has 1 amide bonds.